The second-order valence-corrected chi connectivity index (χ2v) is 11.7. The highest BCUT2D eigenvalue weighted by molar-refractivity contribution is 7.98. The first-order valence-corrected chi connectivity index (χ1v) is 13.7. The quantitative estimate of drug-likeness (QED) is 0.432. The molecular weight excluding hydrogens is 472 g/mol. The summed E-state index contributed by atoms with van der Waals surface area (Å²) in [6.45, 7) is 8.84. The third kappa shape index (κ3) is 5.54. The minimum absolute atomic E-state index is 0.0281. The van der Waals surface area contributed by atoms with Crippen LogP contribution in [-0.2, 0) is 15.0 Å². The maximum Gasteiger partial charge on any atom is 0.276 e. The molecule has 0 aromatic heterocycles. The van der Waals surface area contributed by atoms with Gasteiger partial charge >= 0.3 is 0 Å². The third-order valence-corrected chi connectivity index (χ3v) is 8.23. The molecule has 3 rings (SSSR count). The lowest BCUT2D eigenvalue weighted by Crippen LogP contribution is -2.36. The van der Waals surface area contributed by atoms with E-state index in [0.717, 1.165) is 21.6 Å². The molecule has 2 N–H and O–H groups in total. The van der Waals surface area contributed by atoms with E-state index in [9.17, 15) is 18.0 Å². The minimum Gasteiger partial charge on any atom is -0.480 e. The van der Waals surface area contributed by atoms with Crippen LogP contribution in [0.3, 0.4) is 0 Å². The van der Waals surface area contributed by atoms with E-state index in [4.69, 9.17) is 9.88 Å². The molecular formula is C25H32N2O5S2. The van der Waals surface area contributed by atoms with Crippen molar-refractivity contribution >= 4 is 33.5 Å². The molecule has 0 saturated carbocycles. The predicted octanol–water partition coefficient (Wildman–Crippen LogP) is 3.87. The van der Waals surface area contributed by atoms with Gasteiger partial charge in [-0.1, -0.05) is 24.3 Å². The van der Waals surface area contributed by atoms with Crippen LogP contribution in [0.25, 0.3) is 0 Å². The summed E-state index contributed by atoms with van der Waals surface area (Å²) in [5.41, 5.74) is 2.03. The lowest BCUT2D eigenvalue weighted by Gasteiger charge is -2.27. The summed E-state index contributed by atoms with van der Waals surface area (Å²) >= 11 is 1.58. The zero-order chi connectivity index (χ0) is 25.4. The van der Waals surface area contributed by atoms with Gasteiger partial charge in [0.25, 0.3) is 10.2 Å². The summed E-state index contributed by atoms with van der Waals surface area (Å²) in [7, 11) is -3.95. The van der Waals surface area contributed by atoms with Crippen molar-refractivity contribution in [3.05, 3.63) is 58.7 Å². The van der Waals surface area contributed by atoms with Gasteiger partial charge in [-0.2, -0.15) is 12.7 Å². The Labute approximate surface area is 206 Å². The van der Waals surface area contributed by atoms with Gasteiger partial charge in [0.05, 0.1) is 0 Å². The summed E-state index contributed by atoms with van der Waals surface area (Å²) in [5.74, 6) is -0.526. The first kappa shape index (κ1) is 26.4. The van der Waals surface area contributed by atoms with Crippen molar-refractivity contribution in [2.24, 2.45) is 11.1 Å². The Morgan fingerprint density at radius 1 is 1.09 bits per heavy atom. The zero-order valence-corrected chi connectivity index (χ0v) is 22.0. The fourth-order valence-corrected chi connectivity index (χ4v) is 5.38. The fraction of sp³-hybridized carbons (Fsp3) is 0.440. The summed E-state index contributed by atoms with van der Waals surface area (Å²) in [6, 6.07) is 11.1. The summed E-state index contributed by atoms with van der Waals surface area (Å²) < 4.78 is 31.5. The van der Waals surface area contributed by atoms with Crippen LogP contribution in [0.2, 0.25) is 0 Å². The Hall–Kier alpha value is -2.20. The maximum atomic E-state index is 13.5. The van der Waals surface area contributed by atoms with Crippen molar-refractivity contribution in [1.29, 1.82) is 0 Å². The Kier molecular flexibility index (Phi) is 7.62. The Morgan fingerprint density at radius 2 is 1.65 bits per heavy atom. The van der Waals surface area contributed by atoms with Gasteiger partial charge in [-0.15, -0.1) is 11.8 Å². The largest absolute Gasteiger partial charge is 0.480 e. The van der Waals surface area contributed by atoms with Gasteiger partial charge in [0.15, 0.2) is 17.2 Å². The number of benzene rings is 2. The molecule has 1 fully saturated rings. The normalized spacial score (nSPS) is 19.3. The van der Waals surface area contributed by atoms with Crippen LogP contribution in [0, 0.1) is 19.8 Å². The lowest BCUT2D eigenvalue weighted by molar-refractivity contribution is -0.129. The van der Waals surface area contributed by atoms with Crippen molar-refractivity contribution in [3.8, 4) is 5.75 Å². The lowest BCUT2D eigenvalue weighted by atomic mass is 9.82. The number of hydrogen-bond donors (Lipinski definition) is 1. The monoisotopic (exact) mass is 504 g/mol. The number of rotatable bonds is 8. The maximum absolute atomic E-state index is 13.5. The van der Waals surface area contributed by atoms with Crippen LogP contribution in [0.15, 0.2) is 41.3 Å². The van der Waals surface area contributed by atoms with E-state index in [0.29, 0.717) is 11.3 Å². The van der Waals surface area contributed by atoms with Crippen LogP contribution in [0.1, 0.15) is 53.7 Å². The standard InChI is InChI=1S/C25H32N2O5S2/c1-15-11-19(12-16(2)24(15)32-25(4,5)17(3)28)21-13-27(34(26,30)31)14-22(21)23(29)18-7-9-20(33-6)10-8-18/h7-12,21-22H,13-14H2,1-6H3,(H2,26,30,31). The van der Waals surface area contributed by atoms with Crippen molar-refractivity contribution in [1.82, 2.24) is 4.31 Å². The number of carbonyl (C=O) groups excluding carboxylic acids is 2. The molecule has 1 heterocycles. The van der Waals surface area contributed by atoms with Gasteiger partial charge < -0.3 is 4.74 Å². The molecule has 0 spiro atoms. The third-order valence-electron chi connectivity index (χ3n) is 6.47. The van der Waals surface area contributed by atoms with Crippen LogP contribution in [-0.4, -0.2) is 49.2 Å². The molecule has 1 aliphatic rings. The minimum atomic E-state index is -3.95. The van der Waals surface area contributed by atoms with E-state index in [-0.39, 0.29) is 30.6 Å². The number of ketones is 2. The van der Waals surface area contributed by atoms with E-state index in [2.05, 4.69) is 0 Å². The number of nitrogens with zero attached hydrogens (tertiary/aromatic N) is 1. The van der Waals surface area contributed by atoms with Crippen LogP contribution >= 0.6 is 11.8 Å². The highest BCUT2D eigenvalue weighted by Gasteiger charge is 2.42. The van der Waals surface area contributed by atoms with Crippen molar-refractivity contribution in [2.75, 3.05) is 19.3 Å². The van der Waals surface area contributed by atoms with E-state index in [1.54, 1.807) is 37.7 Å². The van der Waals surface area contributed by atoms with E-state index in [1.807, 2.05) is 44.4 Å². The molecule has 2 aromatic rings. The first-order chi connectivity index (χ1) is 15.7. The summed E-state index contributed by atoms with van der Waals surface area (Å²) in [4.78, 5) is 26.5. The number of ether oxygens (including phenoxy) is 1. The molecule has 184 valence electrons. The highest BCUT2D eigenvalue weighted by Crippen LogP contribution is 2.39. The van der Waals surface area contributed by atoms with E-state index in [1.165, 1.54) is 11.2 Å². The van der Waals surface area contributed by atoms with Gasteiger partial charge in [-0.05, 0) is 69.7 Å². The molecule has 1 saturated heterocycles. The second kappa shape index (κ2) is 9.81. The van der Waals surface area contributed by atoms with Crippen LogP contribution < -0.4 is 9.88 Å². The number of carbonyl (C=O) groups is 2. The van der Waals surface area contributed by atoms with Crippen molar-refractivity contribution < 1.29 is 22.7 Å². The van der Waals surface area contributed by atoms with Crippen molar-refractivity contribution in [2.45, 2.75) is 51.0 Å². The summed E-state index contributed by atoms with van der Waals surface area (Å²) in [6.07, 6.45) is 1.96. The Bertz CT molecular complexity index is 1180. The molecule has 0 amide bonds. The molecule has 2 aromatic carbocycles. The molecule has 0 bridgehead atoms. The number of hydrogen-bond acceptors (Lipinski definition) is 6. The molecule has 9 heteroatoms. The van der Waals surface area contributed by atoms with Gasteiger partial charge in [0.1, 0.15) is 5.75 Å². The molecule has 1 aliphatic heterocycles. The average molecular weight is 505 g/mol. The molecule has 2 unspecified atom stereocenters. The smallest absolute Gasteiger partial charge is 0.276 e. The van der Waals surface area contributed by atoms with E-state index >= 15 is 0 Å². The van der Waals surface area contributed by atoms with Crippen molar-refractivity contribution in [3.63, 3.8) is 0 Å². The van der Waals surface area contributed by atoms with Crippen LogP contribution in [0.4, 0.5) is 0 Å². The molecule has 34 heavy (non-hydrogen) atoms. The Balaban J connectivity index is 2.00. The fourth-order valence-electron chi connectivity index (χ4n) is 4.23. The molecule has 0 aliphatic carbocycles. The predicted molar refractivity (Wildman–Crippen MR) is 135 cm³/mol. The van der Waals surface area contributed by atoms with Gasteiger partial charge in [0, 0.05) is 35.4 Å². The second-order valence-electron chi connectivity index (χ2n) is 9.32. The number of Topliss-reactive ketones (excluding diaryl/α,β-unsaturated/α-hetero) is 2. The highest BCUT2D eigenvalue weighted by atomic mass is 32.2. The van der Waals surface area contributed by atoms with Gasteiger partial charge in [-0.25, -0.2) is 5.14 Å². The average Bonchev–Trinajstić information content (AvgIpc) is 3.21. The van der Waals surface area contributed by atoms with Gasteiger partial charge in [0.2, 0.25) is 0 Å². The zero-order valence-electron chi connectivity index (χ0n) is 20.4. The number of aryl methyl sites for hydroxylation is 2. The first-order valence-electron chi connectivity index (χ1n) is 11.0. The summed E-state index contributed by atoms with van der Waals surface area (Å²) in [5, 5.41) is 5.43. The topological polar surface area (TPSA) is 107 Å². The van der Waals surface area contributed by atoms with E-state index < -0.39 is 21.7 Å². The number of thioether (sulfide) groups is 1. The molecule has 0 radical (unpaired) electrons. The Morgan fingerprint density at radius 3 is 2.12 bits per heavy atom. The molecule has 2 atom stereocenters. The van der Waals surface area contributed by atoms with Crippen LogP contribution in [0.5, 0.6) is 5.75 Å². The molecule has 7 nitrogen and oxygen atoms in total. The van der Waals surface area contributed by atoms with Gasteiger partial charge in [-0.3, -0.25) is 9.59 Å². The SMILES string of the molecule is CSc1ccc(C(=O)C2CN(S(N)(=O)=O)CC2c2cc(C)c(OC(C)(C)C(C)=O)c(C)c2)cc1. The number of nitrogens with two attached hydrogens (primary N) is 1.